The van der Waals surface area contributed by atoms with E-state index in [0.717, 1.165) is 15.9 Å². The van der Waals surface area contributed by atoms with Crippen LogP contribution < -0.4 is 5.73 Å². The number of aromatic nitrogens is 2. The number of nitrogens with zero attached hydrogens (tertiary/aromatic N) is 2. The maximum absolute atomic E-state index is 5.70. The summed E-state index contributed by atoms with van der Waals surface area (Å²) in [5, 5.41) is 0.565. The number of nitrogens with two attached hydrogens (primary N) is 1. The number of fused-ring (bicyclic) bond motifs is 1. The summed E-state index contributed by atoms with van der Waals surface area (Å²) in [5.41, 5.74) is 11.4. The topological polar surface area (TPSA) is 51.8 Å². The van der Waals surface area contributed by atoms with Crippen LogP contribution >= 0.6 is 11.3 Å². The molecule has 2 aromatic heterocycles. The molecule has 3 aromatic rings. The Kier molecular flexibility index (Phi) is 2.52. The van der Waals surface area contributed by atoms with Crippen molar-refractivity contribution in [3.63, 3.8) is 0 Å². The lowest BCUT2D eigenvalue weighted by Gasteiger charge is -2.06. The molecule has 1 aromatic carbocycles. The highest BCUT2D eigenvalue weighted by Crippen LogP contribution is 2.29. The summed E-state index contributed by atoms with van der Waals surface area (Å²) in [7, 11) is 0. The Morgan fingerprint density at radius 1 is 1.17 bits per heavy atom. The molecule has 18 heavy (non-hydrogen) atoms. The Balaban J connectivity index is 2.21. The number of nitrogen functional groups attached to an aromatic ring is 1. The molecule has 2 heterocycles. The first kappa shape index (κ1) is 11.2. The van der Waals surface area contributed by atoms with Crippen molar-refractivity contribution in [3.05, 3.63) is 41.6 Å². The Morgan fingerprint density at radius 2 is 2.00 bits per heavy atom. The molecule has 3 rings (SSSR count). The number of thiazole rings is 1. The molecule has 0 amide bonds. The normalized spacial score (nSPS) is 11.0. The molecule has 0 radical (unpaired) electrons. The summed E-state index contributed by atoms with van der Waals surface area (Å²) in [6.07, 6.45) is 1.89. The number of hydrogen-bond acceptors (Lipinski definition) is 4. The van der Waals surface area contributed by atoms with Gasteiger partial charge in [-0.2, -0.15) is 0 Å². The van der Waals surface area contributed by atoms with E-state index in [9.17, 15) is 0 Å². The molecule has 90 valence electrons. The second kappa shape index (κ2) is 4.07. The average molecular weight is 255 g/mol. The van der Waals surface area contributed by atoms with Gasteiger partial charge >= 0.3 is 0 Å². The molecule has 0 fully saturated rings. The fraction of sp³-hybridized carbons (Fsp3) is 0.143. The summed E-state index contributed by atoms with van der Waals surface area (Å²) in [6, 6.07) is 8.47. The largest absolute Gasteiger partial charge is 0.375 e. The fourth-order valence-electron chi connectivity index (χ4n) is 2.03. The van der Waals surface area contributed by atoms with Crippen LogP contribution in [0, 0.1) is 13.8 Å². The van der Waals surface area contributed by atoms with Crippen molar-refractivity contribution in [1.29, 1.82) is 0 Å². The minimum Gasteiger partial charge on any atom is -0.375 e. The minimum atomic E-state index is 0.565. The number of aryl methyl sites for hydroxylation is 2. The summed E-state index contributed by atoms with van der Waals surface area (Å²) in [5.74, 6) is 0. The smallest absolute Gasteiger partial charge is 0.182 e. The maximum Gasteiger partial charge on any atom is 0.182 e. The molecule has 0 unspecified atom stereocenters. The van der Waals surface area contributed by atoms with E-state index in [1.165, 1.54) is 28.0 Å². The zero-order valence-corrected chi connectivity index (χ0v) is 11.1. The Bertz CT molecular complexity index is 731. The molecule has 0 aliphatic carbocycles. The lowest BCUT2D eigenvalue weighted by molar-refractivity contribution is 1.36. The van der Waals surface area contributed by atoms with E-state index < -0.39 is 0 Å². The molecule has 0 saturated heterocycles. The van der Waals surface area contributed by atoms with Gasteiger partial charge in [-0.15, -0.1) is 0 Å². The highest BCUT2D eigenvalue weighted by Gasteiger charge is 2.07. The van der Waals surface area contributed by atoms with E-state index in [1.807, 2.05) is 6.20 Å². The second-order valence-electron chi connectivity index (χ2n) is 4.42. The van der Waals surface area contributed by atoms with Gasteiger partial charge in [-0.1, -0.05) is 35.1 Å². The van der Waals surface area contributed by atoms with Crippen molar-refractivity contribution in [3.8, 4) is 11.1 Å². The molecular formula is C14H13N3S. The molecule has 0 spiro atoms. The molecule has 0 aliphatic rings. The fourth-order valence-corrected chi connectivity index (χ4v) is 2.69. The average Bonchev–Trinajstić information content (AvgIpc) is 2.71. The van der Waals surface area contributed by atoms with Gasteiger partial charge in [0.1, 0.15) is 10.3 Å². The molecule has 3 nitrogen and oxygen atoms in total. The van der Waals surface area contributed by atoms with Crippen LogP contribution in [0.2, 0.25) is 0 Å². The van der Waals surface area contributed by atoms with E-state index in [-0.39, 0.29) is 0 Å². The quantitative estimate of drug-likeness (QED) is 0.723. The molecule has 0 aliphatic heterocycles. The van der Waals surface area contributed by atoms with Gasteiger partial charge in [0.05, 0.1) is 0 Å². The van der Waals surface area contributed by atoms with E-state index in [0.29, 0.717) is 5.13 Å². The van der Waals surface area contributed by atoms with Crippen LogP contribution in [0.5, 0.6) is 0 Å². The summed E-state index contributed by atoms with van der Waals surface area (Å²) < 4.78 is 0. The molecule has 2 N–H and O–H groups in total. The van der Waals surface area contributed by atoms with Crippen LogP contribution in [0.25, 0.3) is 21.5 Å². The van der Waals surface area contributed by atoms with E-state index in [4.69, 9.17) is 5.73 Å². The van der Waals surface area contributed by atoms with Crippen molar-refractivity contribution in [2.24, 2.45) is 0 Å². The minimum absolute atomic E-state index is 0.565. The zero-order valence-electron chi connectivity index (χ0n) is 10.3. The van der Waals surface area contributed by atoms with Crippen molar-refractivity contribution in [1.82, 2.24) is 9.97 Å². The Hall–Kier alpha value is -1.94. The first-order chi connectivity index (χ1) is 8.63. The second-order valence-corrected chi connectivity index (χ2v) is 5.43. The third-order valence-corrected chi connectivity index (χ3v) is 3.78. The standard InChI is InChI=1S/C14H13N3S/c1-8-3-4-9(2)11(5-8)10-6-12-13(16-7-10)18-14(15)17-12/h3-7H,1-2H3,(H2,15,17). The van der Waals surface area contributed by atoms with E-state index in [1.54, 1.807) is 0 Å². The number of anilines is 1. The van der Waals surface area contributed by atoms with Gasteiger partial charge in [0.15, 0.2) is 5.13 Å². The maximum atomic E-state index is 5.70. The van der Waals surface area contributed by atoms with Gasteiger partial charge in [0.25, 0.3) is 0 Å². The highest BCUT2D eigenvalue weighted by atomic mass is 32.1. The van der Waals surface area contributed by atoms with Crippen LogP contribution in [0.1, 0.15) is 11.1 Å². The van der Waals surface area contributed by atoms with Gasteiger partial charge < -0.3 is 5.73 Å². The van der Waals surface area contributed by atoms with Crippen LogP contribution in [0.4, 0.5) is 5.13 Å². The summed E-state index contributed by atoms with van der Waals surface area (Å²) in [4.78, 5) is 9.60. The molecule has 0 atom stereocenters. The lowest BCUT2D eigenvalue weighted by atomic mass is 10.00. The first-order valence-electron chi connectivity index (χ1n) is 5.73. The summed E-state index contributed by atoms with van der Waals surface area (Å²) >= 11 is 1.42. The van der Waals surface area contributed by atoms with Crippen LogP contribution in [0.3, 0.4) is 0 Å². The van der Waals surface area contributed by atoms with Crippen LogP contribution in [0.15, 0.2) is 30.5 Å². The molecule has 4 heteroatoms. The summed E-state index contributed by atoms with van der Waals surface area (Å²) in [6.45, 7) is 4.20. The molecule has 0 saturated carbocycles. The van der Waals surface area contributed by atoms with Crippen molar-refractivity contribution in [2.45, 2.75) is 13.8 Å². The van der Waals surface area contributed by atoms with Crippen LogP contribution in [-0.4, -0.2) is 9.97 Å². The van der Waals surface area contributed by atoms with Gasteiger partial charge in [-0.3, -0.25) is 0 Å². The number of pyridine rings is 1. The molecular weight excluding hydrogens is 242 g/mol. The monoisotopic (exact) mass is 255 g/mol. The van der Waals surface area contributed by atoms with Crippen molar-refractivity contribution >= 4 is 26.8 Å². The van der Waals surface area contributed by atoms with Gasteiger partial charge in [-0.05, 0) is 31.0 Å². The Labute approximate surface area is 109 Å². The van der Waals surface area contributed by atoms with Gasteiger partial charge in [0.2, 0.25) is 0 Å². The Morgan fingerprint density at radius 3 is 2.83 bits per heavy atom. The molecule has 0 bridgehead atoms. The number of hydrogen-bond donors (Lipinski definition) is 1. The third-order valence-electron chi connectivity index (χ3n) is 2.97. The highest BCUT2D eigenvalue weighted by molar-refractivity contribution is 7.21. The SMILES string of the molecule is Cc1ccc(C)c(-c2cnc3sc(N)nc3c2)c1. The predicted molar refractivity (Wildman–Crippen MR) is 76.7 cm³/mol. The first-order valence-corrected chi connectivity index (χ1v) is 6.55. The van der Waals surface area contributed by atoms with Crippen LogP contribution in [-0.2, 0) is 0 Å². The van der Waals surface area contributed by atoms with E-state index >= 15 is 0 Å². The number of benzene rings is 1. The number of rotatable bonds is 1. The van der Waals surface area contributed by atoms with E-state index in [2.05, 4.69) is 48.1 Å². The van der Waals surface area contributed by atoms with Crippen molar-refractivity contribution in [2.75, 3.05) is 5.73 Å². The zero-order chi connectivity index (χ0) is 12.7. The van der Waals surface area contributed by atoms with Gasteiger partial charge in [0, 0.05) is 11.8 Å². The lowest BCUT2D eigenvalue weighted by Crippen LogP contribution is -1.86. The van der Waals surface area contributed by atoms with Crippen molar-refractivity contribution < 1.29 is 0 Å². The predicted octanol–water partition coefficient (Wildman–Crippen LogP) is 3.56. The van der Waals surface area contributed by atoms with Gasteiger partial charge in [-0.25, -0.2) is 9.97 Å². The third kappa shape index (κ3) is 1.84.